The number of benzene rings is 1. The predicted molar refractivity (Wildman–Crippen MR) is 110 cm³/mol. The number of nitrogens with zero attached hydrogens (tertiary/aromatic N) is 2. The van der Waals surface area contributed by atoms with Gasteiger partial charge < -0.3 is 15.0 Å². The minimum Gasteiger partial charge on any atom is -0.478 e. The van der Waals surface area contributed by atoms with E-state index in [-0.39, 0.29) is 23.5 Å². The van der Waals surface area contributed by atoms with Crippen LogP contribution in [-0.2, 0) is 0 Å². The molecule has 0 spiro atoms. The van der Waals surface area contributed by atoms with Crippen LogP contribution in [0.2, 0.25) is 0 Å². The number of rotatable bonds is 10. The van der Waals surface area contributed by atoms with E-state index in [0.717, 1.165) is 19.2 Å². The van der Waals surface area contributed by atoms with Gasteiger partial charge in [0.25, 0.3) is 5.91 Å². The quantitative estimate of drug-likeness (QED) is 0.670. The summed E-state index contributed by atoms with van der Waals surface area (Å²) in [4.78, 5) is 19.1. The van der Waals surface area contributed by atoms with Crippen molar-refractivity contribution in [3.8, 4) is 5.88 Å². The fraction of sp³-hybridized carbons (Fsp3) is 0.500. The van der Waals surface area contributed by atoms with E-state index >= 15 is 0 Å². The lowest BCUT2D eigenvalue weighted by atomic mass is 10.1. The highest BCUT2D eigenvalue weighted by Crippen LogP contribution is 2.22. The number of ether oxygens (including phenoxy) is 1. The Morgan fingerprint density at radius 1 is 1.35 bits per heavy atom. The molecule has 0 aliphatic rings. The van der Waals surface area contributed by atoms with Crippen LogP contribution in [0.4, 0.5) is 0 Å². The van der Waals surface area contributed by atoms with Crippen LogP contribution >= 0.6 is 12.4 Å². The lowest BCUT2D eigenvalue weighted by Gasteiger charge is -2.18. The van der Waals surface area contributed by atoms with E-state index in [0.29, 0.717) is 18.5 Å². The second kappa shape index (κ2) is 11.7. The lowest BCUT2D eigenvalue weighted by Crippen LogP contribution is -2.34. The van der Waals surface area contributed by atoms with E-state index in [9.17, 15) is 4.79 Å². The second-order valence-corrected chi connectivity index (χ2v) is 5.26. The molecule has 1 aromatic carbocycles. The molecule has 6 heteroatoms. The molecule has 5 nitrogen and oxygen atoms in total. The van der Waals surface area contributed by atoms with Gasteiger partial charge in [0.15, 0.2) is 0 Å². The van der Waals surface area contributed by atoms with Crippen LogP contribution < -0.4 is 10.1 Å². The van der Waals surface area contributed by atoms with Gasteiger partial charge in [-0.25, -0.2) is 4.98 Å². The minimum absolute atomic E-state index is 0. The minimum atomic E-state index is -3.59. The molecule has 0 bridgehead atoms. The average Bonchev–Trinajstić information content (AvgIpc) is 2.74. The van der Waals surface area contributed by atoms with Gasteiger partial charge in [0.1, 0.15) is 0 Å². The Balaban J connectivity index is 0.00000612. The molecular weight excluding hydrogens is 350 g/mol. The van der Waals surface area contributed by atoms with Crippen LogP contribution in [0.15, 0.2) is 30.3 Å². The molecule has 1 aromatic heterocycles. The highest BCUT2D eigenvalue weighted by atomic mass is 35.5. The first-order chi connectivity index (χ1) is 15.6. The number of pyridine rings is 1. The van der Waals surface area contributed by atoms with Crippen LogP contribution in [0.5, 0.6) is 5.88 Å². The zero-order valence-corrected chi connectivity index (χ0v) is 15.7. The van der Waals surface area contributed by atoms with Crippen molar-refractivity contribution in [2.45, 2.75) is 33.4 Å². The Hall–Kier alpha value is -1.85. The maximum atomic E-state index is 12.9. The summed E-state index contributed by atoms with van der Waals surface area (Å²) in [5, 5.41) is 3.24. The molecular formula is C20H30ClN3O2. The monoisotopic (exact) mass is 388 g/mol. The van der Waals surface area contributed by atoms with Gasteiger partial charge in [-0.1, -0.05) is 45.3 Å². The number of amides is 1. The third-order valence-corrected chi connectivity index (χ3v) is 3.81. The zero-order valence-electron chi connectivity index (χ0n) is 23.8. The molecule has 144 valence electrons. The van der Waals surface area contributed by atoms with Crippen molar-refractivity contribution in [2.75, 3.05) is 32.7 Å². The maximum absolute atomic E-state index is 12.9. The summed E-state index contributed by atoms with van der Waals surface area (Å²) in [6.45, 7) is -0.254. The van der Waals surface area contributed by atoms with Crippen LogP contribution in [0, 0.1) is 0 Å². The number of para-hydroxylation sites is 1. The number of hydrogen-bond acceptors (Lipinski definition) is 4. The number of nitrogens with one attached hydrogen (secondary N) is 1. The molecule has 2 aromatic rings. The number of carbonyl (C=O) groups excluding carboxylic acids is 1. The van der Waals surface area contributed by atoms with Crippen molar-refractivity contribution < 1.29 is 21.9 Å². The molecule has 26 heavy (non-hydrogen) atoms. The molecule has 1 N–H and O–H groups in total. The van der Waals surface area contributed by atoms with Crippen LogP contribution in [-0.4, -0.2) is 48.5 Å². The van der Waals surface area contributed by atoms with E-state index in [1.807, 2.05) is 13.8 Å². The van der Waals surface area contributed by atoms with Gasteiger partial charge in [-0.3, -0.25) is 4.79 Å². The van der Waals surface area contributed by atoms with Gasteiger partial charge in [-0.05, 0) is 25.5 Å². The molecule has 0 fully saturated rings. The van der Waals surface area contributed by atoms with Crippen molar-refractivity contribution in [2.24, 2.45) is 0 Å². The van der Waals surface area contributed by atoms with Crippen molar-refractivity contribution in [1.29, 1.82) is 0 Å². The summed E-state index contributed by atoms with van der Waals surface area (Å²) in [7, 11) is 0. The number of hydrogen-bond donors (Lipinski definition) is 1. The summed E-state index contributed by atoms with van der Waals surface area (Å²) < 4.78 is 74.3. The van der Waals surface area contributed by atoms with E-state index in [4.69, 9.17) is 17.1 Å². The maximum Gasteiger partial charge on any atom is 0.252 e. The lowest BCUT2D eigenvalue weighted by molar-refractivity contribution is 0.0950. The van der Waals surface area contributed by atoms with Crippen molar-refractivity contribution in [3.63, 3.8) is 0 Å². The number of aromatic nitrogens is 1. The molecule has 0 aliphatic heterocycles. The topological polar surface area (TPSA) is 54.5 Å². The molecule has 0 saturated carbocycles. The van der Waals surface area contributed by atoms with Gasteiger partial charge >= 0.3 is 0 Å². The first kappa shape index (κ1) is 11.8. The molecule has 0 radical (unpaired) electrons. The van der Waals surface area contributed by atoms with E-state index in [1.165, 1.54) is 0 Å². The first-order valence-corrected chi connectivity index (χ1v) is 8.18. The van der Waals surface area contributed by atoms with E-state index < -0.39 is 37.9 Å². The summed E-state index contributed by atoms with van der Waals surface area (Å²) in [6, 6.07) is 7.67. The molecule has 0 saturated heterocycles. The Labute approximate surface area is 175 Å². The molecule has 1 heterocycles. The van der Waals surface area contributed by atoms with Crippen LogP contribution in [0.25, 0.3) is 10.9 Å². The van der Waals surface area contributed by atoms with Gasteiger partial charge in [0.05, 0.1) is 20.4 Å². The largest absolute Gasteiger partial charge is 0.478 e. The third kappa shape index (κ3) is 6.15. The summed E-state index contributed by atoms with van der Waals surface area (Å²) in [5.41, 5.74) is 0.374. The van der Waals surface area contributed by atoms with Gasteiger partial charge in [0, 0.05) is 34.1 Å². The van der Waals surface area contributed by atoms with Crippen molar-refractivity contribution in [1.82, 2.24) is 15.2 Å². The van der Waals surface area contributed by atoms with E-state index in [1.54, 1.807) is 24.3 Å². The highest BCUT2D eigenvalue weighted by Gasteiger charge is 2.13. The standard InChI is InChI=1S/C20H29N3O2.ClH/c1-4-7-14-25-19-15-17(16-10-8-9-11-18(16)22-19)20(24)21-12-13-23(5-2)6-3;/h8-11,15H,4-7,12-14H2,1-3H3,(H,21,24);1H/i1D3,4D2,7D2,14D2;. The highest BCUT2D eigenvalue weighted by molar-refractivity contribution is 6.06. The van der Waals surface area contributed by atoms with Gasteiger partial charge in [-0.15, -0.1) is 12.4 Å². The number of carbonyl (C=O) groups is 1. The summed E-state index contributed by atoms with van der Waals surface area (Å²) in [6.07, 6.45) is -7.17. The van der Waals surface area contributed by atoms with Crippen molar-refractivity contribution >= 4 is 29.2 Å². The van der Waals surface area contributed by atoms with E-state index in [2.05, 4.69) is 15.2 Å². The predicted octanol–water partition coefficient (Wildman–Crippen LogP) is 3.91. The van der Waals surface area contributed by atoms with Crippen LogP contribution in [0.3, 0.4) is 0 Å². The van der Waals surface area contributed by atoms with Gasteiger partial charge in [0.2, 0.25) is 5.88 Å². The third-order valence-electron chi connectivity index (χ3n) is 3.81. The van der Waals surface area contributed by atoms with Crippen molar-refractivity contribution in [3.05, 3.63) is 35.9 Å². The molecule has 2 rings (SSSR count). The molecule has 1 amide bonds. The van der Waals surface area contributed by atoms with Crippen LogP contribution in [0.1, 0.15) is 56.1 Å². The molecule has 0 atom stereocenters. The SMILES string of the molecule is Cl.[2H]C([2H])([2H])C([2H])([2H])C([2H])([2H])C([2H])([2H])Oc1cc(C(=O)NCCN(CC)CC)c2ccccc2n1. The summed E-state index contributed by atoms with van der Waals surface area (Å²) in [5.74, 6) is -0.959. The normalized spacial score (nSPS) is 17.9. The second-order valence-electron chi connectivity index (χ2n) is 5.26. The Morgan fingerprint density at radius 3 is 2.85 bits per heavy atom. The van der Waals surface area contributed by atoms with Gasteiger partial charge in [-0.2, -0.15) is 0 Å². The Bertz CT molecular complexity index is 1010. The molecule has 0 aliphatic carbocycles. The fourth-order valence-electron chi connectivity index (χ4n) is 2.46. The average molecular weight is 389 g/mol. The zero-order chi connectivity index (χ0) is 25.9. The number of likely N-dealkylation sites (N-methyl/N-ethyl adjacent to an activating group) is 1. The fourth-order valence-corrected chi connectivity index (χ4v) is 2.46. The number of fused-ring (bicyclic) bond motifs is 1. The number of halogens is 1. The Morgan fingerprint density at radius 2 is 2.12 bits per heavy atom. The molecule has 0 unspecified atom stereocenters. The smallest absolute Gasteiger partial charge is 0.252 e. The first-order valence-electron chi connectivity index (χ1n) is 12.7. The summed E-state index contributed by atoms with van der Waals surface area (Å²) >= 11 is 0. The Kier molecular flexibility index (Phi) is 5.30.